The fourth-order valence-electron chi connectivity index (χ4n) is 3.77. The van der Waals surface area contributed by atoms with Gasteiger partial charge in [0.05, 0.1) is 0 Å². The molecule has 2 aromatic carbocycles. The second-order valence-corrected chi connectivity index (χ2v) is 7.79. The van der Waals surface area contributed by atoms with E-state index in [1.54, 1.807) is 4.90 Å². The van der Waals surface area contributed by atoms with Gasteiger partial charge in [0.15, 0.2) is 13.2 Å². The van der Waals surface area contributed by atoms with Crippen LogP contribution in [-0.4, -0.2) is 43.1 Å². The molecule has 0 aliphatic carbocycles. The minimum absolute atomic E-state index is 0.136. The molecule has 0 aromatic heterocycles. The summed E-state index contributed by atoms with van der Waals surface area (Å²) >= 11 is 0. The van der Waals surface area contributed by atoms with Crippen LogP contribution in [0.1, 0.15) is 29.5 Å². The highest BCUT2D eigenvalue weighted by Crippen LogP contribution is 2.21. The normalized spacial score (nSPS) is 14.5. The van der Waals surface area contributed by atoms with E-state index in [1.165, 1.54) is 5.56 Å². The maximum Gasteiger partial charge on any atom is 0.344 e. The van der Waals surface area contributed by atoms with Gasteiger partial charge in [0, 0.05) is 13.1 Å². The van der Waals surface area contributed by atoms with Crippen LogP contribution in [0.2, 0.25) is 0 Å². The van der Waals surface area contributed by atoms with Gasteiger partial charge < -0.3 is 14.4 Å². The second kappa shape index (κ2) is 10.1. The third-order valence-corrected chi connectivity index (χ3v) is 5.24. The molecule has 1 saturated heterocycles. The molecule has 1 heterocycles. The van der Waals surface area contributed by atoms with Gasteiger partial charge in [0.2, 0.25) is 0 Å². The molecule has 1 aliphatic heterocycles. The third kappa shape index (κ3) is 6.63. The Morgan fingerprint density at radius 1 is 0.966 bits per heavy atom. The van der Waals surface area contributed by atoms with Gasteiger partial charge in [0.25, 0.3) is 5.91 Å². The molecule has 0 saturated carbocycles. The number of hydrogen-bond acceptors (Lipinski definition) is 4. The molecule has 0 unspecified atom stereocenters. The first-order valence-electron chi connectivity index (χ1n) is 10.2. The molecule has 0 spiro atoms. The van der Waals surface area contributed by atoms with Crippen molar-refractivity contribution in [1.82, 2.24) is 4.90 Å². The summed E-state index contributed by atoms with van der Waals surface area (Å²) in [5, 5.41) is 0. The summed E-state index contributed by atoms with van der Waals surface area (Å²) in [6, 6.07) is 16.2. The van der Waals surface area contributed by atoms with Crippen LogP contribution in [-0.2, 0) is 20.7 Å². The molecule has 0 atom stereocenters. The molecular weight excluding hydrogens is 366 g/mol. The molecule has 3 rings (SSSR count). The van der Waals surface area contributed by atoms with Crippen molar-refractivity contribution < 1.29 is 19.1 Å². The van der Waals surface area contributed by atoms with Crippen molar-refractivity contribution in [3.8, 4) is 5.75 Å². The number of likely N-dealkylation sites (tertiary alicyclic amines) is 1. The van der Waals surface area contributed by atoms with Crippen LogP contribution in [0.25, 0.3) is 0 Å². The predicted molar refractivity (Wildman–Crippen MR) is 112 cm³/mol. The van der Waals surface area contributed by atoms with Gasteiger partial charge in [-0.15, -0.1) is 0 Å². The van der Waals surface area contributed by atoms with Crippen molar-refractivity contribution in [3.05, 3.63) is 65.2 Å². The van der Waals surface area contributed by atoms with Gasteiger partial charge in [-0.25, -0.2) is 4.79 Å². The van der Waals surface area contributed by atoms with Crippen LogP contribution in [0.4, 0.5) is 0 Å². The maximum atomic E-state index is 12.3. The van der Waals surface area contributed by atoms with Crippen molar-refractivity contribution in [1.29, 1.82) is 0 Å². The third-order valence-electron chi connectivity index (χ3n) is 5.24. The lowest BCUT2D eigenvalue weighted by Gasteiger charge is -2.32. The molecule has 154 valence electrons. The van der Waals surface area contributed by atoms with Crippen LogP contribution < -0.4 is 4.74 Å². The molecule has 5 nitrogen and oxygen atoms in total. The Bertz CT molecular complexity index is 806. The van der Waals surface area contributed by atoms with Crippen molar-refractivity contribution in [2.45, 2.75) is 33.1 Å². The molecule has 1 fully saturated rings. The Balaban J connectivity index is 1.35. The van der Waals surface area contributed by atoms with Gasteiger partial charge in [0.1, 0.15) is 5.75 Å². The Labute approximate surface area is 172 Å². The van der Waals surface area contributed by atoms with Gasteiger partial charge in [-0.2, -0.15) is 0 Å². The largest absolute Gasteiger partial charge is 0.482 e. The molecule has 2 aromatic rings. The lowest BCUT2D eigenvalue weighted by molar-refractivity contribution is -0.154. The first kappa shape index (κ1) is 20.9. The summed E-state index contributed by atoms with van der Waals surface area (Å²) in [5.41, 5.74) is 3.48. The van der Waals surface area contributed by atoms with E-state index in [1.807, 2.05) is 38.1 Å². The van der Waals surface area contributed by atoms with Gasteiger partial charge in [-0.05, 0) is 67.9 Å². The van der Waals surface area contributed by atoms with Gasteiger partial charge in [-0.3, -0.25) is 4.79 Å². The quantitative estimate of drug-likeness (QED) is 0.671. The lowest BCUT2D eigenvalue weighted by Crippen LogP contribution is -2.41. The first-order valence-corrected chi connectivity index (χ1v) is 10.2. The average Bonchev–Trinajstić information content (AvgIpc) is 2.71. The number of nitrogens with zero attached hydrogens (tertiary/aromatic N) is 1. The van der Waals surface area contributed by atoms with Crippen molar-refractivity contribution in [3.63, 3.8) is 0 Å². The Hall–Kier alpha value is -2.82. The molecular formula is C24H29NO4. The van der Waals surface area contributed by atoms with Gasteiger partial charge >= 0.3 is 5.97 Å². The number of amides is 1. The summed E-state index contributed by atoms with van der Waals surface area (Å²) in [7, 11) is 0. The number of benzene rings is 2. The van der Waals surface area contributed by atoms with Crippen LogP contribution in [0.15, 0.2) is 48.5 Å². The van der Waals surface area contributed by atoms with Crippen molar-refractivity contribution >= 4 is 11.9 Å². The van der Waals surface area contributed by atoms with E-state index < -0.39 is 5.97 Å². The molecule has 5 heteroatoms. The van der Waals surface area contributed by atoms with E-state index in [9.17, 15) is 9.59 Å². The number of rotatable bonds is 7. The van der Waals surface area contributed by atoms with E-state index in [0.717, 1.165) is 30.4 Å². The SMILES string of the molecule is Cc1cc(C)cc(OCC(=O)OCC(=O)N2CCC(Cc3ccccc3)CC2)c1. The number of aryl methyl sites for hydroxylation is 2. The summed E-state index contributed by atoms with van der Waals surface area (Å²) in [4.78, 5) is 26.0. The highest BCUT2D eigenvalue weighted by Gasteiger charge is 2.23. The molecule has 1 aliphatic rings. The number of carbonyl (C=O) groups is 2. The minimum atomic E-state index is -0.531. The van der Waals surface area contributed by atoms with E-state index in [2.05, 4.69) is 24.3 Å². The standard InChI is InChI=1S/C24H29NO4/c1-18-12-19(2)14-22(13-18)28-17-24(27)29-16-23(26)25-10-8-21(9-11-25)15-20-6-4-3-5-7-20/h3-7,12-14,21H,8-11,15-17H2,1-2H3. The number of piperidine rings is 1. The zero-order valence-electron chi connectivity index (χ0n) is 17.2. The zero-order chi connectivity index (χ0) is 20.6. The molecule has 1 amide bonds. The van der Waals surface area contributed by atoms with E-state index in [4.69, 9.17) is 9.47 Å². The van der Waals surface area contributed by atoms with Crippen LogP contribution in [0.3, 0.4) is 0 Å². The van der Waals surface area contributed by atoms with Crippen molar-refractivity contribution in [2.75, 3.05) is 26.3 Å². The van der Waals surface area contributed by atoms with Gasteiger partial charge in [-0.1, -0.05) is 36.4 Å². The number of ether oxygens (including phenoxy) is 2. The highest BCUT2D eigenvalue weighted by molar-refractivity contribution is 5.81. The van der Waals surface area contributed by atoms with Crippen LogP contribution in [0.5, 0.6) is 5.75 Å². The van der Waals surface area contributed by atoms with Crippen LogP contribution >= 0.6 is 0 Å². The summed E-state index contributed by atoms with van der Waals surface area (Å²) < 4.78 is 10.6. The van der Waals surface area contributed by atoms with Crippen molar-refractivity contribution in [2.24, 2.45) is 5.92 Å². The smallest absolute Gasteiger partial charge is 0.344 e. The highest BCUT2D eigenvalue weighted by atomic mass is 16.6. The Morgan fingerprint density at radius 3 is 2.28 bits per heavy atom. The number of hydrogen-bond donors (Lipinski definition) is 0. The molecule has 0 bridgehead atoms. The topological polar surface area (TPSA) is 55.8 Å². The number of carbonyl (C=O) groups excluding carboxylic acids is 2. The summed E-state index contributed by atoms with van der Waals surface area (Å²) in [6.07, 6.45) is 3.00. The van der Waals surface area contributed by atoms with E-state index >= 15 is 0 Å². The number of esters is 1. The predicted octanol–water partition coefficient (Wildman–Crippen LogP) is 3.71. The summed E-state index contributed by atoms with van der Waals surface area (Å²) in [6.45, 7) is 4.95. The summed E-state index contributed by atoms with van der Waals surface area (Å²) in [5.74, 6) is 0.556. The monoisotopic (exact) mass is 395 g/mol. The van der Waals surface area contributed by atoms with E-state index in [-0.39, 0.29) is 19.1 Å². The Morgan fingerprint density at radius 2 is 1.62 bits per heavy atom. The lowest BCUT2D eigenvalue weighted by atomic mass is 9.90. The fraction of sp³-hybridized carbons (Fsp3) is 0.417. The second-order valence-electron chi connectivity index (χ2n) is 7.79. The minimum Gasteiger partial charge on any atom is -0.482 e. The molecule has 29 heavy (non-hydrogen) atoms. The molecule has 0 N–H and O–H groups in total. The Kier molecular flexibility index (Phi) is 7.28. The van der Waals surface area contributed by atoms with E-state index in [0.29, 0.717) is 24.8 Å². The average molecular weight is 395 g/mol. The first-order chi connectivity index (χ1) is 14.0. The molecule has 0 radical (unpaired) electrons. The van der Waals surface area contributed by atoms with Crippen LogP contribution in [0, 0.1) is 19.8 Å². The fourth-order valence-corrected chi connectivity index (χ4v) is 3.77. The zero-order valence-corrected chi connectivity index (χ0v) is 17.2. The maximum absolute atomic E-state index is 12.3.